The second kappa shape index (κ2) is 15.7. The number of ketones is 1. The summed E-state index contributed by atoms with van der Waals surface area (Å²) >= 11 is 0. The second-order valence-corrected chi connectivity index (χ2v) is 28.4. The molecule has 4 aliphatic heterocycles. The number of fused-ring (bicyclic) bond motifs is 11. The van der Waals surface area contributed by atoms with Crippen LogP contribution in [0.15, 0.2) is 23.3 Å². The van der Waals surface area contributed by atoms with Crippen LogP contribution < -0.4 is 0 Å². The van der Waals surface area contributed by atoms with Gasteiger partial charge in [0.05, 0.1) is 41.5 Å². The van der Waals surface area contributed by atoms with E-state index in [-0.39, 0.29) is 64.9 Å². The third-order valence-electron chi connectivity index (χ3n) is 23.2. The van der Waals surface area contributed by atoms with Crippen LogP contribution in [0.4, 0.5) is 0 Å². The molecule has 4 heterocycles. The van der Waals surface area contributed by atoms with Gasteiger partial charge >= 0.3 is 0 Å². The number of ether oxygens (including phenoxy) is 3. The standard InChI is InChI=1S/C57H84O11S/c1-30(37-15-17-40-34-13-14-39-35(33(34)20-22-53(37,40)9)25-43(58)49(60)50(39,3)4)12-19-47-55(11)27-32(52(7,8)68-55)24-44(66-47)31(2)38-16-18-41-36-26-45(67-69(62,63)64)48-51(5,6)57(61)46(59)28-56(48,29-65-57)42(36)21-23-54(38,41)10/h13-14,30-32,37-38,40-41,43-48,58-59,61H,12,15-29H2,1-11H3,(H,62,63,64)/p-1/t30-,31+,32-,37-,38-,40+,41+,43+,44-,45+,46+,47+,48+,53-,54-,55-,56+,57+/m1/s1. The highest BCUT2D eigenvalue weighted by atomic mass is 32.3. The Labute approximate surface area is 412 Å². The number of rotatable bonds is 8. The fourth-order valence-electron chi connectivity index (χ4n) is 19.8. The molecular formula is C57H83O11S-. The van der Waals surface area contributed by atoms with Gasteiger partial charge in [-0.2, -0.15) is 0 Å². The van der Waals surface area contributed by atoms with Gasteiger partial charge in [-0.15, -0.1) is 0 Å². The van der Waals surface area contributed by atoms with Crippen LogP contribution in [0.25, 0.3) is 0 Å². The molecule has 11 aliphatic rings. The van der Waals surface area contributed by atoms with Crippen molar-refractivity contribution in [2.45, 2.75) is 231 Å². The topological polar surface area (TPSA) is 172 Å². The first kappa shape index (κ1) is 49.5. The van der Waals surface area contributed by atoms with Gasteiger partial charge in [-0.25, -0.2) is 8.42 Å². The van der Waals surface area contributed by atoms with E-state index in [0.717, 1.165) is 69.8 Å². The summed E-state index contributed by atoms with van der Waals surface area (Å²) in [6, 6.07) is 4.55. The molecule has 0 unspecified atom stereocenters. The Balaban J connectivity index is 0.833. The highest BCUT2D eigenvalue weighted by Gasteiger charge is 2.74. The quantitative estimate of drug-likeness (QED) is 0.129. The number of hydrogen-bond donors (Lipinski definition) is 3. The second-order valence-electron chi connectivity index (χ2n) is 27.4. The highest BCUT2D eigenvalue weighted by molar-refractivity contribution is 7.80. The largest absolute Gasteiger partial charge is 0.726 e. The maximum absolute atomic E-state index is 13.1. The van der Waals surface area contributed by atoms with Crippen LogP contribution in [0, 0.1) is 63.1 Å². The molecule has 1 spiro atoms. The van der Waals surface area contributed by atoms with Crippen molar-refractivity contribution in [3.05, 3.63) is 45.5 Å². The molecule has 12 rings (SSSR count). The summed E-state index contributed by atoms with van der Waals surface area (Å²) in [5, 5.41) is 34.1. The van der Waals surface area contributed by atoms with E-state index in [2.05, 4.69) is 60.6 Å². The minimum atomic E-state index is -5.06. The average Bonchev–Trinajstić information content (AvgIpc) is 3.84. The maximum atomic E-state index is 13.1. The number of aliphatic hydroxyl groups excluding tert-OH is 2. The van der Waals surface area contributed by atoms with Crippen LogP contribution in [0.3, 0.4) is 0 Å². The van der Waals surface area contributed by atoms with E-state index in [1.54, 1.807) is 0 Å². The Hall–Kier alpha value is -1.74. The van der Waals surface area contributed by atoms with Crippen molar-refractivity contribution in [2.75, 3.05) is 6.61 Å². The van der Waals surface area contributed by atoms with Gasteiger partial charge in [0.2, 0.25) is 10.4 Å². The lowest BCUT2D eigenvalue weighted by atomic mass is 9.42. The van der Waals surface area contributed by atoms with Crippen molar-refractivity contribution in [1.29, 1.82) is 0 Å². The molecule has 384 valence electrons. The van der Waals surface area contributed by atoms with Gasteiger partial charge in [-0.1, -0.05) is 64.8 Å². The van der Waals surface area contributed by atoms with E-state index >= 15 is 0 Å². The molecular weight excluding hydrogens is 893 g/mol. The molecule has 11 nitrogen and oxygen atoms in total. The van der Waals surface area contributed by atoms with Crippen LogP contribution in [0.5, 0.6) is 0 Å². The van der Waals surface area contributed by atoms with Gasteiger partial charge in [-0.05, 0) is 199 Å². The smallest absolute Gasteiger partial charge is 0.217 e. The van der Waals surface area contributed by atoms with E-state index in [9.17, 15) is 33.1 Å². The fourth-order valence-corrected chi connectivity index (χ4v) is 20.3. The average molecular weight is 976 g/mol. The van der Waals surface area contributed by atoms with Gasteiger partial charge in [0.25, 0.3) is 0 Å². The summed E-state index contributed by atoms with van der Waals surface area (Å²) in [6.45, 7) is 24.5. The Morgan fingerprint density at radius 3 is 2.26 bits per heavy atom. The highest BCUT2D eigenvalue weighted by Crippen LogP contribution is 2.72. The van der Waals surface area contributed by atoms with E-state index in [1.165, 1.54) is 40.7 Å². The molecule has 4 saturated heterocycles. The molecule has 69 heavy (non-hydrogen) atoms. The van der Waals surface area contributed by atoms with Gasteiger partial charge in [0.1, 0.15) is 12.2 Å². The summed E-state index contributed by atoms with van der Waals surface area (Å²) in [5.41, 5.74) is 4.58. The molecule has 7 aliphatic carbocycles. The lowest BCUT2D eigenvalue weighted by Gasteiger charge is -2.70. The minimum Gasteiger partial charge on any atom is -0.726 e. The summed E-state index contributed by atoms with van der Waals surface area (Å²) in [4.78, 5) is 13.1. The fraction of sp³-hybridized carbons (Fsp3) is 0.842. The van der Waals surface area contributed by atoms with Crippen LogP contribution in [-0.4, -0.2) is 88.2 Å². The van der Waals surface area contributed by atoms with E-state index in [4.69, 9.17) is 18.4 Å². The van der Waals surface area contributed by atoms with Crippen LogP contribution in [-0.2, 0) is 51.8 Å². The molecule has 3 saturated carbocycles. The summed E-state index contributed by atoms with van der Waals surface area (Å²) < 4.78 is 63.7. The molecule has 0 aromatic heterocycles. The number of aliphatic hydroxyl groups is 3. The Morgan fingerprint density at radius 2 is 1.55 bits per heavy atom. The number of carbonyl (C=O) groups excluding carboxylic acids is 1. The van der Waals surface area contributed by atoms with Crippen molar-refractivity contribution < 1.29 is 51.5 Å². The predicted molar refractivity (Wildman–Crippen MR) is 260 cm³/mol. The third-order valence-corrected chi connectivity index (χ3v) is 23.7. The monoisotopic (exact) mass is 976 g/mol. The minimum absolute atomic E-state index is 0.0432. The molecule has 1 aromatic carbocycles. The maximum Gasteiger partial charge on any atom is 0.217 e. The Bertz CT molecular complexity index is 2440. The number of hydrogen-bond acceptors (Lipinski definition) is 11. The van der Waals surface area contributed by atoms with Gasteiger partial charge < -0.3 is 34.1 Å². The van der Waals surface area contributed by atoms with Crippen LogP contribution in [0.1, 0.15) is 188 Å². The molecule has 3 N–H and O–H groups in total. The molecule has 18 atom stereocenters. The first-order valence-electron chi connectivity index (χ1n) is 27.2. The molecule has 4 bridgehead atoms. The van der Waals surface area contributed by atoms with Crippen molar-refractivity contribution in [3.8, 4) is 0 Å². The summed E-state index contributed by atoms with van der Waals surface area (Å²) in [7, 11) is -5.06. The van der Waals surface area contributed by atoms with Gasteiger partial charge in [-0.3, -0.25) is 8.98 Å². The zero-order chi connectivity index (χ0) is 49.6. The first-order chi connectivity index (χ1) is 32.0. The van der Waals surface area contributed by atoms with Crippen molar-refractivity contribution >= 4 is 16.2 Å². The third kappa shape index (κ3) is 6.89. The normalized spacial score (nSPS) is 47.6. The van der Waals surface area contributed by atoms with Crippen molar-refractivity contribution in [2.24, 2.45) is 63.1 Å². The van der Waals surface area contributed by atoms with Gasteiger partial charge in [0, 0.05) is 23.2 Å². The lowest BCUT2D eigenvalue weighted by molar-refractivity contribution is -0.408. The van der Waals surface area contributed by atoms with Gasteiger partial charge in [0.15, 0.2) is 11.6 Å². The number of Topliss-reactive ketones (excluding diaryl/α,β-unsaturated/α-hetero) is 1. The SMILES string of the molecule is C[C@@H]([C@H]1CC[C@H]2C3=C(CC[C@]12C)[C@@]12CO[C@@](O)([C@@H](O)C1)C(C)(C)[C@@H]2[C@@H](OS(=O)(=O)[O-])C3)[C@H]1C[C@@H]2C[C@@](C)(OC2(C)C)[C@H](CC[C@@H](C)[C@H]2CC[C@H]3c4ccc5c(c4CC[C@]23C)C[C@H](O)C(=O)C5(C)C)O1. The van der Waals surface area contributed by atoms with E-state index in [0.29, 0.717) is 42.4 Å². The zero-order valence-electron chi connectivity index (χ0n) is 43.5. The summed E-state index contributed by atoms with van der Waals surface area (Å²) in [5.74, 6) is 0.261. The van der Waals surface area contributed by atoms with E-state index in [1.807, 2.05) is 27.7 Å². The lowest BCUT2D eigenvalue weighted by Crippen LogP contribution is -2.76. The predicted octanol–water partition coefficient (Wildman–Crippen LogP) is 9.16. The van der Waals surface area contributed by atoms with Crippen molar-refractivity contribution in [1.82, 2.24) is 0 Å². The molecule has 0 amide bonds. The molecule has 7 fully saturated rings. The van der Waals surface area contributed by atoms with Crippen LogP contribution >= 0.6 is 0 Å². The van der Waals surface area contributed by atoms with Crippen LogP contribution in [0.2, 0.25) is 0 Å². The van der Waals surface area contributed by atoms with E-state index < -0.39 is 56.7 Å². The first-order valence-corrected chi connectivity index (χ1v) is 28.5. The molecule has 12 heteroatoms. The zero-order valence-corrected chi connectivity index (χ0v) is 44.3. The molecule has 0 radical (unpaired) electrons. The Kier molecular flexibility index (Phi) is 11.2. The molecule has 1 aromatic rings. The number of benzene rings is 1. The summed E-state index contributed by atoms with van der Waals surface area (Å²) in [6.07, 6.45) is 10.2. The van der Waals surface area contributed by atoms with Crippen molar-refractivity contribution in [3.63, 3.8) is 0 Å². The Morgan fingerprint density at radius 1 is 0.870 bits per heavy atom. The number of carbonyl (C=O) groups is 1.